The quantitative estimate of drug-likeness (QED) is 0.501. The topological polar surface area (TPSA) is 66.2 Å². The van der Waals surface area contributed by atoms with Crippen molar-refractivity contribution >= 4 is 5.52 Å². The highest BCUT2D eigenvalue weighted by molar-refractivity contribution is 5.56. The van der Waals surface area contributed by atoms with Crippen LogP contribution in [0.5, 0.6) is 0 Å². The van der Waals surface area contributed by atoms with E-state index in [1.54, 1.807) is 17.9 Å². The first-order chi connectivity index (χ1) is 19.2. The van der Waals surface area contributed by atoms with Crippen LogP contribution in [0.15, 0.2) is 23.3 Å². The summed E-state index contributed by atoms with van der Waals surface area (Å²) in [7, 11) is 3.78. The zero-order valence-electron chi connectivity index (χ0n) is 23.6. The van der Waals surface area contributed by atoms with Crippen molar-refractivity contribution in [1.82, 2.24) is 29.6 Å². The molecule has 2 N–H and O–H groups in total. The van der Waals surface area contributed by atoms with Gasteiger partial charge in [0.25, 0.3) is 0 Å². The number of hydrogen-bond donors (Lipinski definition) is 2. The monoisotopic (exact) mass is 564 g/mol. The van der Waals surface area contributed by atoms with Crippen molar-refractivity contribution in [2.45, 2.75) is 88.8 Å². The summed E-state index contributed by atoms with van der Waals surface area (Å²) in [6, 6.07) is 1.33. The molecule has 0 aromatic carbocycles. The van der Waals surface area contributed by atoms with Crippen LogP contribution in [0, 0.1) is 17.8 Å². The third-order valence-electron chi connectivity index (χ3n) is 10.1. The molecule has 0 bridgehead atoms. The van der Waals surface area contributed by atoms with Gasteiger partial charge in [0.15, 0.2) is 0 Å². The zero-order valence-corrected chi connectivity index (χ0v) is 23.6. The maximum atomic E-state index is 14.3. The van der Waals surface area contributed by atoms with Crippen LogP contribution in [0.25, 0.3) is 5.52 Å². The number of hydrazine groups is 1. The molecule has 2 aliphatic carbocycles. The van der Waals surface area contributed by atoms with Crippen molar-refractivity contribution in [3.8, 4) is 0 Å². The summed E-state index contributed by atoms with van der Waals surface area (Å²) < 4.78 is 51.2. The summed E-state index contributed by atoms with van der Waals surface area (Å²) in [5.74, 6) is 1.53. The Morgan fingerprint density at radius 3 is 2.52 bits per heavy atom. The maximum Gasteiger partial charge on any atom is 0.418 e. The number of nitrogens with one attached hydrogen (secondary N) is 2. The number of imidazole rings is 1. The number of methoxy groups -OCH3 is 1. The minimum Gasteiger partial charge on any atom is -0.383 e. The summed E-state index contributed by atoms with van der Waals surface area (Å²) in [6.45, 7) is 2.53. The Hall–Kier alpha value is -1.92. The van der Waals surface area contributed by atoms with Crippen molar-refractivity contribution < 1.29 is 17.9 Å². The molecule has 2 aromatic heterocycles. The van der Waals surface area contributed by atoms with Crippen molar-refractivity contribution in [3.05, 3.63) is 40.1 Å². The van der Waals surface area contributed by atoms with E-state index in [4.69, 9.17) is 4.74 Å². The lowest BCUT2D eigenvalue weighted by molar-refractivity contribution is -0.136. The molecule has 4 fully saturated rings. The van der Waals surface area contributed by atoms with E-state index >= 15 is 0 Å². The van der Waals surface area contributed by atoms with Gasteiger partial charge >= 0.3 is 11.9 Å². The number of nitrogens with zero attached hydrogens (tertiary/aromatic N) is 4. The SMILES string of the molecule is COC[C@@H]1CCCN1Cc1cc(C(F)(F)F)c2cn(C3CCCC(C(C4CCC4)C4NNCN4C)C3)c(=O)n2c1. The number of fused-ring (bicyclic) bond motifs is 1. The van der Waals surface area contributed by atoms with Crippen LogP contribution >= 0.6 is 0 Å². The van der Waals surface area contributed by atoms with Gasteiger partial charge in [0.2, 0.25) is 0 Å². The summed E-state index contributed by atoms with van der Waals surface area (Å²) in [4.78, 5) is 18.2. The van der Waals surface area contributed by atoms with E-state index in [1.165, 1.54) is 35.9 Å². The predicted octanol–water partition coefficient (Wildman–Crippen LogP) is 4.20. The molecular weight excluding hydrogens is 521 g/mol. The largest absolute Gasteiger partial charge is 0.418 e. The van der Waals surface area contributed by atoms with E-state index < -0.39 is 11.7 Å². The molecule has 0 spiro atoms. The molecule has 0 amide bonds. The number of alkyl halides is 3. The Morgan fingerprint density at radius 1 is 1.07 bits per heavy atom. The standard InChI is InChI=1S/C29H43F3N6O2/c1-35-18-33-34-27(35)26(20-6-3-7-20)21-8-4-9-22(13-21)37-16-25-24(29(30,31)32)12-19(15-38(25)28(37)39)14-36-11-5-10-23(36)17-40-2/h12,15-16,20-23,26-27,33-34H,3-11,13-14,17-18H2,1-2H3/t21?,22?,23-,26?,27?/m0/s1. The highest BCUT2D eigenvalue weighted by Crippen LogP contribution is 2.47. The van der Waals surface area contributed by atoms with Gasteiger partial charge in [0.05, 0.1) is 30.5 Å². The summed E-state index contributed by atoms with van der Waals surface area (Å²) >= 11 is 0. The molecule has 8 nitrogen and oxygen atoms in total. The molecule has 4 unspecified atom stereocenters. The molecule has 40 heavy (non-hydrogen) atoms. The van der Waals surface area contributed by atoms with Crippen molar-refractivity contribution in [1.29, 1.82) is 0 Å². The van der Waals surface area contributed by atoms with Gasteiger partial charge in [-0.15, -0.1) is 0 Å². The van der Waals surface area contributed by atoms with E-state index in [-0.39, 0.29) is 29.5 Å². The number of pyridine rings is 1. The molecule has 5 atom stereocenters. The molecule has 0 radical (unpaired) electrons. The second-order valence-corrected chi connectivity index (χ2v) is 12.6. The Kier molecular flexibility index (Phi) is 8.04. The third-order valence-corrected chi connectivity index (χ3v) is 10.1. The van der Waals surface area contributed by atoms with Gasteiger partial charge in [-0.1, -0.05) is 25.7 Å². The fraction of sp³-hybridized carbons (Fsp3) is 0.759. The minimum atomic E-state index is -4.55. The van der Waals surface area contributed by atoms with Crippen LogP contribution in [-0.2, 0) is 17.5 Å². The first kappa shape index (κ1) is 28.2. The normalized spacial score (nSPS) is 29.8. The Morgan fingerprint density at radius 2 is 1.85 bits per heavy atom. The molecule has 2 saturated heterocycles. The molecule has 2 aromatic rings. The lowest BCUT2D eigenvalue weighted by Gasteiger charge is -2.46. The van der Waals surface area contributed by atoms with E-state index in [9.17, 15) is 18.0 Å². The van der Waals surface area contributed by atoms with Gasteiger partial charge in [-0.3, -0.25) is 18.8 Å². The number of aromatic nitrogens is 2. The average molecular weight is 565 g/mol. The molecule has 4 heterocycles. The lowest BCUT2D eigenvalue weighted by atomic mass is 9.65. The van der Waals surface area contributed by atoms with Gasteiger partial charge in [0.1, 0.15) is 0 Å². The highest BCUT2D eigenvalue weighted by atomic mass is 19.4. The number of halogens is 3. The van der Waals surface area contributed by atoms with E-state index in [1.807, 2.05) is 0 Å². The van der Waals surface area contributed by atoms with Crippen molar-refractivity contribution in [2.24, 2.45) is 17.8 Å². The van der Waals surface area contributed by atoms with Crippen LogP contribution in [0.1, 0.15) is 75.0 Å². The Bertz CT molecular complexity index is 1240. The molecule has 6 rings (SSSR count). The molecule has 2 aliphatic heterocycles. The van der Waals surface area contributed by atoms with E-state index in [0.29, 0.717) is 36.5 Å². The number of ether oxygens (including phenoxy) is 1. The van der Waals surface area contributed by atoms with Crippen LogP contribution in [0.4, 0.5) is 13.2 Å². The zero-order chi connectivity index (χ0) is 28.0. The summed E-state index contributed by atoms with van der Waals surface area (Å²) in [6.07, 6.45) is 8.20. The van der Waals surface area contributed by atoms with Gasteiger partial charge in [-0.25, -0.2) is 15.6 Å². The smallest absolute Gasteiger partial charge is 0.383 e. The third kappa shape index (κ3) is 5.35. The second-order valence-electron chi connectivity index (χ2n) is 12.6. The first-order valence-corrected chi connectivity index (χ1v) is 15.0. The van der Waals surface area contributed by atoms with Crippen molar-refractivity contribution in [2.75, 3.05) is 34.0 Å². The van der Waals surface area contributed by atoms with Crippen molar-refractivity contribution in [3.63, 3.8) is 0 Å². The Labute approximate surface area is 233 Å². The average Bonchev–Trinajstić information content (AvgIpc) is 3.60. The number of rotatable bonds is 8. The number of hydrogen-bond acceptors (Lipinski definition) is 6. The van der Waals surface area contributed by atoms with Gasteiger partial charge in [0, 0.05) is 38.1 Å². The fourth-order valence-corrected chi connectivity index (χ4v) is 7.96. The highest BCUT2D eigenvalue weighted by Gasteiger charge is 2.44. The molecular formula is C29H43F3N6O2. The van der Waals surface area contributed by atoms with E-state index in [2.05, 4.69) is 27.7 Å². The fourth-order valence-electron chi connectivity index (χ4n) is 7.96. The molecule has 222 valence electrons. The maximum absolute atomic E-state index is 14.3. The molecule has 11 heteroatoms. The summed E-state index contributed by atoms with van der Waals surface area (Å²) in [5.41, 5.74) is 6.13. The second kappa shape index (κ2) is 11.4. The molecule has 2 saturated carbocycles. The van der Waals surface area contributed by atoms with Gasteiger partial charge in [-0.05, 0) is 75.1 Å². The minimum absolute atomic E-state index is 0.0461. The first-order valence-electron chi connectivity index (χ1n) is 15.0. The number of likely N-dealkylation sites (tertiary alicyclic amines) is 1. The predicted molar refractivity (Wildman–Crippen MR) is 146 cm³/mol. The summed E-state index contributed by atoms with van der Waals surface area (Å²) in [5, 5.41) is 0. The lowest BCUT2D eigenvalue weighted by Crippen LogP contribution is -2.50. The van der Waals surface area contributed by atoms with E-state index in [0.717, 1.165) is 51.7 Å². The van der Waals surface area contributed by atoms with Crippen LogP contribution in [0.2, 0.25) is 0 Å². The Balaban J connectivity index is 1.31. The molecule has 4 aliphatic rings. The van der Waals surface area contributed by atoms with Gasteiger partial charge < -0.3 is 4.74 Å². The van der Waals surface area contributed by atoms with Crippen LogP contribution in [-0.4, -0.2) is 65.0 Å². The van der Waals surface area contributed by atoms with Crippen LogP contribution < -0.4 is 16.5 Å². The van der Waals surface area contributed by atoms with Gasteiger partial charge in [-0.2, -0.15) is 13.2 Å². The van der Waals surface area contributed by atoms with Crippen LogP contribution in [0.3, 0.4) is 0 Å².